The molecule has 0 spiro atoms. The molecule has 0 fully saturated rings. The minimum Gasteiger partial charge on any atom is -0.497 e. The van der Waals surface area contributed by atoms with Gasteiger partial charge in [-0.2, -0.15) is 0 Å². The number of carbonyl (C=O) groups is 1. The molecule has 3 rings (SSSR count). The average molecular weight is 491 g/mol. The second-order valence-corrected chi connectivity index (χ2v) is 9.91. The average Bonchev–Trinajstić information content (AvgIpc) is 3.30. The zero-order valence-electron chi connectivity index (χ0n) is 20.7. The number of aliphatic hydroxyl groups excluding tert-OH is 1. The minimum atomic E-state index is -0.626. The van der Waals surface area contributed by atoms with Gasteiger partial charge in [-0.25, -0.2) is 0 Å². The van der Waals surface area contributed by atoms with Gasteiger partial charge in [-0.3, -0.25) is 9.69 Å². The van der Waals surface area contributed by atoms with E-state index in [1.54, 1.807) is 18.4 Å². The molecule has 1 N–H and O–H groups in total. The second kappa shape index (κ2) is 13.1. The molecule has 188 valence electrons. The summed E-state index contributed by atoms with van der Waals surface area (Å²) in [5, 5.41) is 12.5. The van der Waals surface area contributed by atoms with Gasteiger partial charge in [0.05, 0.1) is 38.5 Å². The van der Waals surface area contributed by atoms with Crippen LogP contribution in [0.2, 0.25) is 0 Å². The molecule has 0 saturated heterocycles. The summed E-state index contributed by atoms with van der Waals surface area (Å²) in [5.74, 6) is 1.51. The van der Waals surface area contributed by atoms with Crippen molar-refractivity contribution < 1.29 is 24.1 Å². The minimum absolute atomic E-state index is 0.0570. The number of methoxy groups -OCH3 is 1. The van der Waals surface area contributed by atoms with Crippen molar-refractivity contribution in [2.75, 3.05) is 46.5 Å². The zero-order chi connectivity index (χ0) is 24.5. The first kappa shape index (κ1) is 26.5. The zero-order valence-corrected chi connectivity index (χ0v) is 21.6. The van der Waals surface area contributed by atoms with Gasteiger partial charge in [-0.05, 0) is 62.4 Å². The smallest absolute Gasteiger partial charge is 0.237 e. The lowest BCUT2D eigenvalue weighted by Gasteiger charge is -2.37. The van der Waals surface area contributed by atoms with Crippen LogP contribution in [0.4, 0.5) is 0 Å². The van der Waals surface area contributed by atoms with E-state index in [0.717, 1.165) is 30.9 Å². The summed E-state index contributed by atoms with van der Waals surface area (Å²) in [6.07, 6.45) is 1.20. The van der Waals surface area contributed by atoms with Crippen molar-refractivity contribution >= 4 is 17.2 Å². The number of fused-ring (bicyclic) bond motifs is 1. The number of aliphatic hydroxyl groups is 1. The normalized spacial score (nSPS) is 16.6. The first-order chi connectivity index (χ1) is 16.4. The number of benzene rings is 1. The van der Waals surface area contributed by atoms with E-state index in [4.69, 9.17) is 14.2 Å². The number of hydrogen-bond acceptors (Lipinski definition) is 7. The van der Waals surface area contributed by atoms with Gasteiger partial charge in [0, 0.05) is 24.0 Å². The van der Waals surface area contributed by atoms with Gasteiger partial charge in [0.15, 0.2) is 0 Å². The lowest BCUT2D eigenvalue weighted by Crippen LogP contribution is -2.48. The van der Waals surface area contributed by atoms with Crippen LogP contribution in [-0.2, 0) is 16.0 Å². The fraction of sp³-hybridized carbons (Fsp3) is 0.577. The van der Waals surface area contributed by atoms with Crippen LogP contribution in [0.1, 0.15) is 43.7 Å². The maximum atomic E-state index is 13.5. The van der Waals surface area contributed by atoms with Crippen molar-refractivity contribution in [3.8, 4) is 11.5 Å². The van der Waals surface area contributed by atoms with Gasteiger partial charge in [-0.15, -0.1) is 11.3 Å². The van der Waals surface area contributed by atoms with Gasteiger partial charge in [0.1, 0.15) is 18.1 Å². The summed E-state index contributed by atoms with van der Waals surface area (Å²) in [6.45, 7) is 8.71. The molecule has 1 aromatic carbocycles. The van der Waals surface area contributed by atoms with Crippen molar-refractivity contribution in [2.24, 2.45) is 0 Å². The SMILES string of the molecule is CCCN(CC(=O)N1CCc2sccc2[C@@H]1COc1cccc(OC)c1)C[C@H](O)COC(C)C. The van der Waals surface area contributed by atoms with E-state index in [9.17, 15) is 9.90 Å². The van der Waals surface area contributed by atoms with Gasteiger partial charge in [0.25, 0.3) is 0 Å². The molecule has 0 aliphatic carbocycles. The van der Waals surface area contributed by atoms with E-state index in [-0.39, 0.29) is 31.2 Å². The molecule has 8 heteroatoms. The van der Waals surface area contributed by atoms with Crippen LogP contribution in [-0.4, -0.2) is 79.5 Å². The molecule has 1 aliphatic rings. The maximum Gasteiger partial charge on any atom is 0.237 e. The monoisotopic (exact) mass is 490 g/mol. The van der Waals surface area contributed by atoms with Crippen LogP contribution in [0.25, 0.3) is 0 Å². The number of hydrogen-bond donors (Lipinski definition) is 1. The molecule has 2 aromatic rings. The molecule has 0 unspecified atom stereocenters. The molecule has 0 saturated carbocycles. The van der Waals surface area contributed by atoms with Crippen molar-refractivity contribution in [2.45, 2.75) is 51.9 Å². The third-order valence-corrected chi connectivity index (χ3v) is 6.85. The highest BCUT2D eigenvalue weighted by molar-refractivity contribution is 7.10. The standard InChI is InChI=1S/C26H38N2O5S/c1-5-11-27(15-20(29)17-32-19(2)3)16-26(30)28-12-9-25-23(10-13-34-25)24(28)18-33-22-8-6-7-21(14-22)31-4/h6-8,10,13-14,19-20,24,29H,5,9,11-12,15-18H2,1-4H3/t20-,24-/m0/s1. The van der Waals surface area contributed by atoms with Crippen LogP contribution in [0.3, 0.4) is 0 Å². The maximum absolute atomic E-state index is 13.5. The number of nitrogens with zero attached hydrogens (tertiary/aromatic N) is 2. The topological polar surface area (TPSA) is 71.5 Å². The fourth-order valence-electron chi connectivity index (χ4n) is 4.23. The molecule has 1 aliphatic heterocycles. The van der Waals surface area contributed by atoms with Crippen LogP contribution >= 0.6 is 11.3 Å². The molecule has 2 heterocycles. The molecular weight excluding hydrogens is 452 g/mol. The molecule has 34 heavy (non-hydrogen) atoms. The van der Waals surface area contributed by atoms with Crippen LogP contribution < -0.4 is 9.47 Å². The number of amides is 1. The van der Waals surface area contributed by atoms with E-state index in [0.29, 0.717) is 19.7 Å². The highest BCUT2D eigenvalue weighted by Gasteiger charge is 2.33. The Bertz CT molecular complexity index is 903. The van der Waals surface area contributed by atoms with Crippen molar-refractivity contribution in [3.63, 3.8) is 0 Å². The van der Waals surface area contributed by atoms with Crippen LogP contribution in [0, 0.1) is 0 Å². The molecule has 1 aromatic heterocycles. The molecule has 7 nitrogen and oxygen atoms in total. The Balaban J connectivity index is 1.68. The predicted octanol–water partition coefficient (Wildman–Crippen LogP) is 3.76. The van der Waals surface area contributed by atoms with E-state index in [2.05, 4.69) is 18.4 Å². The van der Waals surface area contributed by atoms with Crippen molar-refractivity contribution in [3.05, 3.63) is 46.2 Å². The molecule has 0 radical (unpaired) electrons. The number of carbonyl (C=O) groups excluding carboxylic acids is 1. The summed E-state index contributed by atoms with van der Waals surface area (Å²) in [5.41, 5.74) is 1.17. The first-order valence-electron chi connectivity index (χ1n) is 12.1. The Morgan fingerprint density at radius 2 is 2.09 bits per heavy atom. The summed E-state index contributed by atoms with van der Waals surface area (Å²) in [6, 6.07) is 9.48. The highest BCUT2D eigenvalue weighted by atomic mass is 32.1. The Hall–Kier alpha value is -2.13. The molecule has 1 amide bonds. The van der Waals surface area contributed by atoms with Crippen molar-refractivity contribution in [1.29, 1.82) is 0 Å². The largest absolute Gasteiger partial charge is 0.497 e. The Kier molecular flexibility index (Phi) is 10.2. The first-order valence-corrected chi connectivity index (χ1v) is 12.9. The highest BCUT2D eigenvalue weighted by Crippen LogP contribution is 2.34. The van der Waals surface area contributed by atoms with E-state index in [1.165, 1.54) is 10.4 Å². The lowest BCUT2D eigenvalue weighted by atomic mass is 10.0. The van der Waals surface area contributed by atoms with E-state index in [1.807, 2.05) is 47.9 Å². The van der Waals surface area contributed by atoms with Gasteiger partial charge in [-0.1, -0.05) is 13.0 Å². The van der Waals surface area contributed by atoms with E-state index < -0.39 is 6.10 Å². The van der Waals surface area contributed by atoms with Gasteiger partial charge in [0.2, 0.25) is 5.91 Å². The summed E-state index contributed by atoms with van der Waals surface area (Å²) in [4.78, 5) is 18.8. The molecule has 2 atom stereocenters. The number of ether oxygens (including phenoxy) is 3. The van der Waals surface area contributed by atoms with Crippen molar-refractivity contribution in [1.82, 2.24) is 9.80 Å². The van der Waals surface area contributed by atoms with Gasteiger partial charge >= 0.3 is 0 Å². The second-order valence-electron chi connectivity index (χ2n) is 8.91. The number of thiophene rings is 1. The van der Waals surface area contributed by atoms with E-state index >= 15 is 0 Å². The summed E-state index contributed by atoms with van der Waals surface area (Å²) in [7, 11) is 1.63. The third-order valence-electron chi connectivity index (χ3n) is 5.85. The van der Waals surface area contributed by atoms with Crippen LogP contribution in [0.15, 0.2) is 35.7 Å². The third kappa shape index (κ3) is 7.43. The quantitative estimate of drug-likeness (QED) is 0.461. The van der Waals surface area contributed by atoms with Gasteiger partial charge < -0.3 is 24.2 Å². The molecular formula is C26H38N2O5S. The Morgan fingerprint density at radius 1 is 1.29 bits per heavy atom. The Labute approximate surface area is 207 Å². The molecule has 0 bridgehead atoms. The number of rotatable bonds is 13. The summed E-state index contributed by atoms with van der Waals surface area (Å²) >= 11 is 1.74. The Morgan fingerprint density at radius 3 is 2.82 bits per heavy atom. The fourth-order valence-corrected chi connectivity index (χ4v) is 5.16. The van der Waals surface area contributed by atoms with Crippen LogP contribution in [0.5, 0.6) is 11.5 Å². The lowest BCUT2D eigenvalue weighted by molar-refractivity contribution is -0.136. The predicted molar refractivity (Wildman–Crippen MR) is 135 cm³/mol. The summed E-state index contributed by atoms with van der Waals surface area (Å²) < 4.78 is 17.0.